The van der Waals surface area contributed by atoms with Gasteiger partial charge in [-0.3, -0.25) is 4.55 Å². The first kappa shape index (κ1) is 19.7. The van der Waals surface area contributed by atoms with Gasteiger partial charge >= 0.3 is 0 Å². The second-order valence-electron chi connectivity index (χ2n) is 6.64. The topological polar surface area (TPSA) is 106 Å². The van der Waals surface area contributed by atoms with Crippen LogP contribution in [0.3, 0.4) is 0 Å². The Bertz CT molecular complexity index is 1280. The van der Waals surface area contributed by atoms with Crippen LogP contribution in [0.4, 0.5) is 11.4 Å². The summed E-state index contributed by atoms with van der Waals surface area (Å²) in [5.74, 6) is 0. The minimum absolute atomic E-state index is 0.102. The highest BCUT2D eigenvalue weighted by Gasteiger charge is 2.16. The van der Waals surface area contributed by atoms with Crippen molar-refractivity contribution in [1.29, 1.82) is 0 Å². The zero-order valence-electron chi connectivity index (χ0n) is 15.7. The first-order valence-electron chi connectivity index (χ1n) is 8.69. The summed E-state index contributed by atoms with van der Waals surface area (Å²) in [6.07, 6.45) is 0. The number of fused-ring (bicyclic) bond motifs is 2. The first-order valence-corrected chi connectivity index (χ1v) is 10.1. The lowest BCUT2D eigenvalue weighted by Gasteiger charge is -2.09. The van der Waals surface area contributed by atoms with E-state index < -0.39 is 10.1 Å². The molecule has 0 aliphatic heterocycles. The Balaban J connectivity index is 0.000000167. The first-order chi connectivity index (χ1) is 13.2. The summed E-state index contributed by atoms with van der Waals surface area (Å²) in [7, 11) is -4.22. The van der Waals surface area contributed by atoms with E-state index in [9.17, 15) is 8.42 Å². The van der Waals surface area contributed by atoms with Gasteiger partial charge in [0.05, 0.1) is 0 Å². The van der Waals surface area contributed by atoms with Crippen LogP contribution in [0, 0.1) is 13.8 Å². The number of aryl methyl sites for hydroxylation is 2. The highest BCUT2D eigenvalue weighted by molar-refractivity contribution is 7.86. The molecule has 6 heteroatoms. The van der Waals surface area contributed by atoms with Gasteiger partial charge in [-0.05, 0) is 36.4 Å². The highest BCUT2D eigenvalue weighted by Crippen LogP contribution is 2.30. The molecule has 0 saturated heterocycles. The van der Waals surface area contributed by atoms with E-state index in [0.717, 1.165) is 16.6 Å². The summed E-state index contributed by atoms with van der Waals surface area (Å²) >= 11 is 0. The molecule has 0 unspecified atom stereocenters. The van der Waals surface area contributed by atoms with Crippen LogP contribution in [-0.4, -0.2) is 13.0 Å². The van der Waals surface area contributed by atoms with Crippen LogP contribution in [0.15, 0.2) is 71.6 Å². The van der Waals surface area contributed by atoms with Gasteiger partial charge in [-0.25, -0.2) is 0 Å². The van der Waals surface area contributed by atoms with Crippen molar-refractivity contribution in [3.05, 3.63) is 77.9 Å². The third-order valence-corrected chi connectivity index (χ3v) is 5.62. The zero-order valence-corrected chi connectivity index (χ0v) is 16.5. The van der Waals surface area contributed by atoms with Gasteiger partial charge in [0.15, 0.2) is 0 Å². The van der Waals surface area contributed by atoms with Gasteiger partial charge in [0, 0.05) is 27.5 Å². The number of hydrogen-bond donors (Lipinski definition) is 3. The van der Waals surface area contributed by atoms with Crippen molar-refractivity contribution in [3.8, 4) is 0 Å². The predicted octanol–water partition coefficient (Wildman–Crippen LogP) is 4.71. The van der Waals surface area contributed by atoms with Gasteiger partial charge in [-0.1, -0.05) is 60.7 Å². The molecule has 0 fully saturated rings. The quantitative estimate of drug-likeness (QED) is 0.320. The smallest absolute Gasteiger partial charge is 0.295 e. The fourth-order valence-electron chi connectivity index (χ4n) is 3.12. The molecule has 0 amide bonds. The standard InChI is InChI=1S/C11H11NO3S.C11H11N/c1-7-6-10(16(13,14)15)8-4-2-3-5-9(8)11(7)12;1-8-6-7-9-4-2-3-5-10(9)11(8)12/h2-6H,12H2,1H3,(H,13,14,15);2-7H,12H2,1H3. The molecule has 4 rings (SSSR count). The SMILES string of the molecule is Cc1cc(S(=O)(=O)O)c2ccccc2c1N.Cc1ccc2ccccc2c1N. The molecule has 0 bridgehead atoms. The van der Waals surface area contributed by atoms with E-state index in [1.54, 1.807) is 31.2 Å². The van der Waals surface area contributed by atoms with E-state index in [-0.39, 0.29) is 4.90 Å². The maximum Gasteiger partial charge on any atom is 0.295 e. The van der Waals surface area contributed by atoms with Gasteiger partial charge in [0.1, 0.15) is 4.90 Å². The summed E-state index contributed by atoms with van der Waals surface area (Å²) in [6, 6.07) is 20.5. The van der Waals surface area contributed by atoms with Crippen LogP contribution in [0.25, 0.3) is 21.5 Å². The fraction of sp³-hybridized carbons (Fsp3) is 0.0909. The average molecular weight is 394 g/mol. The van der Waals surface area contributed by atoms with E-state index in [4.69, 9.17) is 16.0 Å². The summed E-state index contributed by atoms with van der Waals surface area (Å²) in [6.45, 7) is 3.73. The van der Waals surface area contributed by atoms with E-state index in [2.05, 4.69) is 24.3 Å². The van der Waals surface area contributed by atoms with Crippen molar-refractivity contribution < 1.29 is 13.0 Å². The highest BCUT2D eigenvalue weighted by atomic mass is 32.2. The Morgan fingerprint density at radius 1 is 0.714 bits per heavy atom. The Hall–Kier alpha value is -3.09. The summed E-state index contributed by atoms with van der Waals surface area (Å²) in [5.41, 5.74) is 15.0. The van der Waals surface area contributed by atoms with Crippen LogP contribution in [0.5, 0.6) is 0 Å². The summed E-state index contributed by atoms with van der Waals surface area (Å²) < 4.78 is 31.6. The van der Waals surface area contributed by atoms with Gasteiger partial charge < -0.3 is 11.5 Å². The molecule has 0 aliphatic carbocycles. The van der Waals surface area contributed by atoms with Crippen molar-refractivity contribution in [2.24, 2.45) is 0 Å². The minimum atomic E-state index is -4.22. The Morgan fingerprint density at radius 3 is 1.89 bits per heavy atom. The number of hydrogen-bond acceptors (Lipinski definition) is 4. The molecule has 0 saturated carbocycles. The van der Waals surface area contributed by atoms with Gasteiger partial charge in [0.25, 0.3) is 10.1 Å². The maximum atomic E-state index is 11.2. The number of anilines is 2. The van der Waals surface area contributed by atoms with Crippen LogP contribution in [0.1, 0.15) is 11.1 Å². The van der Waals surface area contributed by atoms with Crippen molar-refractivity contribution >= 4 is 43.0 Å². The Kier molecular flexibility index (Phi) is 5.27. The average Bonchev–Trinajstić information content (AvgIpc) is 2.67. The molecule has 5 nitrogen and oxygen atoms in total. The number of rotatable bonds is 1. The maximum absolute atomic E-state index is 11.2. The lowest BCUT2D eigenvalue weighted by atomic mass is 10.1. The molecule has 0 aromatic heterocycles. The van der Waals surface area contributed by atoms with E-state index in [1.165, 1.54) is 11.5 Å². The second-order valence-corrected chi connectivity index (χ2v) is 8.03. The summed E-state index contributed by atoms with van der Waals surface area (Å²) in [5, 5.41) is 3.43. The van der Waals surface area contributed by atoms with Gasteiger partial charge in [-0.15, -0.1) is 0 Å². The molecule has 144 valence electrons. The molecule has 5 N–H and O–H groups in total. The molecule has 0 spiro atoms. The summed E-state index contributed by atoms with van der Waals surface area (Å²) in [4.78, 5) is -0.102. The van der Waals surface area contributed by atoms with Gasteiger partial charge in [-0.2, -0.15) is 8.42 Å². The van der Waals surface area contributed by atoms with Crippen molar-refractivity contribution in [2.75, 3.05) is 11.5 Å². The van der Waals surface area contributed by atoms with E-state index in [0.29, 0.717) is 22.0 Å². The molecular weight excluding hydrogens is 372 g/mol. The normalized spacial score (nSPS) is 11.2. The van der Waals surface area contributed by atoms with E-state index in [1.807, 2.05) is 19.1 Å². The largest absolute Gasteiger partial charge is 0.398 e. The van der Waals surface area contributed by atoms with Crippen LogP contribution in [-0.2, 0) is 10.1 Å². The molecular formula is C22H22N2O3S. The van der Waals surface area contributed by atoms with Gasteiger partial charge in [0.2, 0.25) is 0 Å². The third kappa shape index (κ3) is 3.78. The van der Waals surface area contributed by atoms with Crippen molar-refractivity contribution in [2.45, 2.75) is 18.7 Å². The molecule has 0 radical (unpaired) electrons. The third-order valence-electron chi connectivity index (χ3n) is 4.72. The van der Waals surface area contributed by atoms with Crippen molar-refractivity contribution in [3.63, 3.8) is 0 Å². The second kappa shape index (κ2) is 7.50. The zero-order chi connectivity index (χ0) is 20.5. The Morgan fingerprint density at radius 2 is 1.25 bits per heavy atom. The lowest BCUT2D eigenvalue weighted by molar-refractivity contribution is 0.484. The molecule has 28 heavy (non-hydrogen) atoms. The van der Waals surface area contributed by atoms with Crippen LogP contribution >= 0.6 is 0 Å². The fourth-order valence-corrected chi connectivity index (χ4v) is 3.90. The van der Waals surface area contributed by atoms with Crippen LogP contribution < -0.4 is 11.5 Å². The molecule has 4 aromatic rings. The predicted molar refractivity (Wildman–Crippen MR) is 116 cm³/mol. The molecule has 0 atom stereocenters. The van der Waals surface area contributed by atoms with Crippen molar-refractivity contribution in [1.82, 2.24) is 0 Å². The number of nitrogens with two attached hydrogens (primary N) is 2. The monoisotopic (exact) mass is 394 g/mol. The Labute approximate surface area is 164 Å². The molecule has 0 aliphatic rings. The van der Waals surface area contributed by atoms with E-state index >= 15 is 0 Å². The minimum Gasteiger partial charge on any atom is -0.398 e. The molecule has 0 heterocycles. The molecule has 4 aromatic carbocycles. The lowest BCUT2D eigenvalue weighted by Crippen LogP contribution is -2.02. The van der Waals surface area contributed by atoms with Crippen LogP contribution in [0.2, 0.25) is 0 Å². The number of nitrogen functional groups attached to an aromatic ring is 2. The number of benzene rings is 4.